The molecule has 0 aliphatic carbocycles. The lowest BCUT2D eigenvalue weighted by Gasteiger charge is -2.11. The van der Waals surface area contributed by atoms with Crippen LogP contribution in [0.15, 0.2) is 42.6 Å². The summed E-state index contributed by atoms with van der Waals surface area (Å²) in [6.45, 7) is 1.00. The van der Waals surface area contributed by atoms with Gasteiger partial charge < -0.3 is 15.4 Å². The topological polar surface area (TPSA) is 63.2 Å². The van der Waals surface area contributed by atoms with Crippen molar-refractivity contribution in [2.75, 3.05) is 17.2 Å². The number of ether oxygens (including phenoxy) is 1. The van der Waals surface area contributed by atoms with E-state index < -0.39 is 0 Å². The van der Waals surface area contributed by atoms with Crippen molar-refractivity contribution in [3.63, 3.8) is 0 Å². The third-order valence-electron chi connectivity index (χ3n) is 3.68. The van der Waals surface area contributed by atoms with E-state index >= 15 is 0 Å². The maximum absolute atomic E-state index is 13.5. The van der Waals surface area contributed by atoms with Crippen molar-refractivity contribution in [2.45, 2.75) is 25.5 Å². The van der Waals surface area contributed by atoms with E-state index in [0.29, 0.717) is 24.5 Å². The molecule has 2 heterocycles. The average Bonchev–Trinajstić information content (AvgIpc) is 3.10. The van der Waals surface area contributed by atoms with Crippen molar-refractivity contribution >= 4 is 17.4 Å². The zero-order valence-corrected chi connectivity index (χ0v) is 12.6. The number of nitrogens with one attached hydrogen (secondary N) is 2. The van der Waals surface area contributed by atoms with Gasteiger partial charge in [0.25, 0.3) is 5.91 Å². The van der Waals surface area contributed by atoms with E-state index in [0.717, 1.165) is 18.5 Å². The summed E-state index contributed by atoms with van der Waals surface area (Å²) >= 11 is 0. The molecule has 120 valence electrons. The van der Waals surface area contributed by atoms with Gasteiger partial charge in [-0.2, -0.15) is 0 Å². The van der Waals surface area contributed by atoms with Crippen molar-refractivity contribution in [3.8, 4) is 0 Å². The molecule has 6 heteroatoms. The smallest absolute Gasteiger partial charge is 0.254 e. The molecule has 2 aromatic rings. The number of benzene rings is 1. The second kappa shape index (κ2) is 7.19. The lowest BCUT2D eigenvalue weighted by molar-refractivity contribution is -0.124. The van der Waals surface area contributed by atoms with Gasteiger partial charge >= 0.3 is 0 Å². The van der Waals surface area contributed by atoms with Crippen LogP contribution in [-0.4, -0.2) is 23.6 Å². The van der Waals surface area contributed by atoms with Crippen molar-refractivity contribution in [2.24, 2.45) is 0 Å². The second-order valence-corrected chi connectivity index (χ2v) is 5.37. The minimum atomic E-state index is -0.379. The fourth-order valence-electron chi connectivity index (χ4n) is 2.40. The highest BCUT2D eigenvalue weighted by molar-refractivity contribution is 5.93. The highest BCUT2D eigenvalue weighted by Gasteiger charge is 2.23. The molecule has 1 amide bonds. The van der Waals surface area contributed by atoms with E-state index in [4.69, 9.17) is 4.74 Å². The largest absolute Gasteiger partial charge is 0.380 e. The van der Waals surface area contributed by atoms with Crippen LogP contribution in [-0.2, 0) is 16.1 Å². The van der Waals surface area contributed by atoms with Crippen LogP contribution < -0.4 is 10.6 Å². The maximum Gasteiger partial charge on any atom is 0.254 e. The van der Waals surface area contributed by atoms with Crippen LogP contribution >= 0.6 is 0 Å². The Hall–Kier alpha value is -2.47. The molecule has 1 aromatic heterocycles. The number of pyridine rings is 1. The Morgan fingerprint density at radius 1 is 1.30 bits per heavy atom. The third-order valence-corrected chi connectivity index (χ3v) is 3.68. The van der Waals surface area contributed by atoms with Crippen LogP contribution in [0.2, 0.25) is 0 Å². The van der Waals surface area contributed by atoms with E-state index in [-0.39, 0.29) is 17.8 Å². The third kappa shape index (κ3) is 4.04. The number of anilines is 2. The van der Waals surface area contributed by atoms with E-state index in [1.807, 2.05) is 0 Å². The van der Waals surface area contributed by atoms with Gasteiger partial charge in [-0.05, 0) is 31.0 Å². The summed E-state index contributed by atoms with van der Waals surface area (Å²) in [5.74, 6) is 0.0670. The quantitative estimate of drug-likeness (QED) is 0.890. The van der Waals surface area contributed by atoms with Gasteiger partial charge in [0, 0.05) is 18.7 Å². The monoisotopic (exact) mass is 315 g/mol. The minimum absolute atomic E-state index is 0.165. The molecule has 2 N–H and O–H groups in total. The molecule has 1 saturated heterocycles. The molecule has 5 nitrogen and oxygen atoms in total. The van der Waals surface area contributed by atoms with E-state index in [1.165, 1.54) is 6.07 Å². The summed E-state index contributed by atoms with van der Waals surface area (Å²) in [5, 5.41) is 5.83. The fourth-order valence-corrected chi connectivity index (χ4v) is 2.40. The SMILES string of the molecule is O=C(Nc1ccc(NCc2ccccc2F)cn1)C1CCCO1. The molecule has 1 aliphatic rings. The van der Waals surface area contributed by atoms with Crippen LogP contribution in [0, 0.1) is 5.82 Å². The molecule has 0 spiro atoms. The van der Waals surface area contributed by atoms with Gasteiger partial charge in [-0.25, -0.2) is 9.37 Å². The van der Waals surface area contributed by atoms with Gasteiger partial charge in [-0.15, -0.1) is 0 Å². The van der Waals surface area contributed by atoms with Crippen molar-refractivity contribution in [3.05, 3.63) is 54.0 Å². The summed E-state index contributed by atoms with van der Waals surface area (Å²) < 4.78 is 18.9. The van der Waals surface area contributed by atoms with E-state index in [1.54, 1.807) is 36.5 Å². The Balaban J connectivity index is 1.54. The van der Waals surface area contributed by atoms with Crippen LogP contribution in [0.1, 0.15) is 18.4 Å². The number of halogens is 1. The summed E-state index contributed by atoms with van der Waals surface area (Å²) in [5.41, 5.74) is 1.34. The molecular formula is C17H18FN3O2. The van der Waals surface area contributed by atoms with Crippen LogP contribution in [0.5, 0.6) is 0 Å². The number of hydrogen-bond acceptors (Lipinski definition) is 4. The van der Waals surface area contributed by atoms with Crippen LogP contribution in [0.25, 0.3) is 0 Å². The first-order valence-electron chi connectivity index (χ1n) is 7.58. The lowest BCUT2D eigenvalue weighted by Crippen LogP contribution is -2.27. The standard InChI is InChI=1S/C17H18FN3O2/c18-14-5-2-1-4-12(14)10-19-13-7-8-16(20-11-13)21-17(22)15-6-3-9-23-15/h1-2,4-5,7-8,11,15,19H,3,6,9-10H2,(H,20,21,22). The normalized spacial score (nSPS) is 17.0. The highest BCUT2D eigenvalue weighted by atomic mass is 19.1. The molecule has 0 saturated carbocycles. The zero-order valence-electron chi connectivity index (χ0n) is 12.6. The van der Waals surface area contributed by atoms with Gasteiger partial charge in [-0.1, -0.05) is 18.2 Å². The van der Waals surface area contributed by atoms with Gasteiger partial charge in [-0.3, -0.25) is 4.79 Å². The molecule has 1 aliphatic heterocycles. The molecule has 1 fully saturated rings. The van der Waals surface area contributed by atoms with Crippen molar-refractivity contribution < 1.29 is 13.9 Å². The molecule has 3 rings (SSSR count). The van der Waals surface area contributed by atoms with Gasteiger partial charge in [0.2, 0.25) is 0 Å². The van der Waals surface area contributed by atoms with E-state index in [2.05, 4.69) is 15.6 Å². The maximum atomic E-state index is 13.5. The van der Waals surface area contributed by atoms with Crippen molar-refractivity contribution in [1.29, 1.82) is 0 Å². The van der Waals surface area contributed by atoms with E-state index in [9.17, 15) is 9.18 Å². The Bertz CT molecular complexity index is 670. The predicted molar refractivity (Wildman–Crippen MR) is 85.6 cm³/mol. The van der Waals surface area contributed by atoms with Gasteiger partial charge in [0.05, 0.1) is 11.9 Å². The molecule has 1 unspecified atom stereocenters. The number of amides is 1. The first kappa shape index (κ1) is 15.4. The molecular weight excluding hydrogens is 297 g/mol. The first-order chi connectivity index (χ1) is 11.2. The predicted octanol–water partition coefficient (Wildman–Crippen LogP) is 2.95. The Morgan fingerprint density at radius 3 is 2.87 bits per heavy atom. The summed E-state index contributed by atoms with van der Waals surface area (Å²) in [4.78, 5) is 16.1. The van der Waals surface area contributed by atoms with Crippen molar-refractivity contribution in [1.82, 2.24) is 4.98 Å². The minimum Gasteiger partial charge on any atom is -0.380 e. The Morgan fingerprint density at radius 2 is 2.17 bits per heavy atom. The first-order valence-corrected chi connectivity index (χ1v) is 7.58. The van der Waals surface area contributed by atoms with Crippen LogP contribution in [0.4, 0.5) is 15.9 Å². The Kier molecular flexibility index (Phi) is 4.83. The molecule has 1 aromatic carbocycles. The number of rotatable bonds is 5. The number of carbonyl (C=O) groups is 1. The molecule has 0 radical (unpaired) electrons. The summed E-state index contributed by atoms with van der Waals surface area (Å²) in [6.07, 6.45) is 2.88. The second-order valence-electron chi connectivity index (χ2n) is 5.37. The molecule has 0 bridgehead atoms. The summed E-state index contributed by atoms with van der Waals surface area (Å²) in [6, 6.07) is 10.1. The number of carbonyl (C=O) groups excluding carboxylic acids is 1. The van der Waals surface area contributed by atoms with Crippen LogP contribution in [0.3, 0.4) is 0 Å². The summed E-state index contributed by atoms with van der Waals surface area (Å²) in [7, 11) is 0. The molecule has 23 heavy (non-hydrogen) atoms. The lowest BCUT2D eigenvalue weighted by atomic mass is 10.2. The van der Waals surface area contributed by atoms with Gasteiger partial charge in [0.15, 0.2) is 0 Å². The zero-order chi connectivity index (χ0) is 16.1. The number of hydrogen-bond donors (Lipinski definition) is 2. The Labute approximate surface area is 133 Å². The average molecular weight is 315 g/mol. The molecule has 1 atom stereocenters. The highest BCUT2D eigenvalue weighted by Crippen LogP contribution is 2.16. The fraction of sp³-hybridized carbons (Fsp3) is 0.294. The van der Waals surface area contributed by atoms with Gasteiger partial charge in [0.1, 0.15) is 17.7 Å². The number of nitrogens with zero attached hydrogens (tertiary/aromatic N) is 1. The number of aromatic nitrogens is 1.